The van der Waals surface area contributed by atoms with Gasteiger partial charge >= 0.3 is 5.82 Å². The van der Waals surface area contributed by atoms with Crippen LogP contribution in [-0.2, 0) is 0 Å². The Morgan fingerprint density at radius 3 is 2.68 bits per heavy atom. The highest BCUT2D eigenvalue weighted by Gasteiger charge is 2.26. The summed E-state index contributed by atoms with van der Waals surface area (Å²) < 4.78 is 0. The molecule has 19 heavy (non-hydrogen) atoms. The van der Waals surface area contributed by atoms with Crippen LogP contribution in [0.15, 0.2) is 12.1 Å². The van der Waals surface area contributed by atoms with Gasteiger partial charge in [-0.05, 0) is 42.7 Å². The Bertz CT molecular complexity index is 463. The number of H-pyrrole nitrogens is 1. The fourth-order valence-corrected chi connectivity index (χ4v) is 2.45. The second kappa shape index (κ2) is 5.83. The van der Waals surface area contributed by atoms with Crippen LogP contribution < -0.4 is 5.73 Å². The summed E-state index contributed by atoms with van der Waals surface area (Å²) >= 11 is 0. The molecule has 0 saturated carbocycles. The lowest BCUT2D eigenvalue weighted by Crippen LogP contribution is -2.39. The van der Waals surface area contributed by atoms with Crippen LogP contribution in [0.1, 0.15) is 29.8 Å². The fraction of sp³-hybridized carbons (Fsp3) is 0.583. The Labute approximate surface area is 110 Å². The molecule has 0 aromatic carbocycles. The number of amides is 1. The van der Waals surface area contributed by atoms with E-state index in [1.807, 2.05) is 0 Å². The summed E-state index contributed by atoms with van der Waals surface area (Å²) in [5.41, 5.74) is 5.81. The van der Waals surface area contributed by atoms with E-state index in [-0.39, 0.29) is 17.4 Å². The van der Waals surface area contributed by atoms with E-state index in [2.05, 4.69) is 4.98 Å². The van der Waals surface area contributed by atoms with Crippen molar-refractivity contribution in [3.05, 3.63) is 27.9 Å². The van der Waals surface area contributed by atoms with Crippen LogP contribution >= 0.6 is 0 Å². The van der Waals surface area contributed by atoms with Gasteiger partial charge in [0.25, 0.3) is 5.91 Å². The lowest BCUT2D eigenvalue weighted by molar-refractivity contribution is -0.389. The molecular weight excluding hydrogens is 248 g/mol. The maximum Gasteiger partial charge on any atom is 0.321 e. The van der Waals surface area contributed by atoms with Crippen molar-refractivity contribution in [2.45, 2.75) is 19.3 Å². The molecule has 7 nitrogen and oxygen atoms in total. The first-order chi connectivity index (χ1) is 9.11. The number of nitrogens with zero attached hydrogens (tertiary/aromatic N) is 2. The summed E-state index contributed by atoms with van der Waals surface area (Å²) in [5, 5.41) is 10.6. The van der Waals surface area contributed by atoms with Crippen molar-refractivity contribution in [2.75, 3.05) is 19.6 Å². The Morgan fingerprint density at radius 1 is 1.47 bits per heavy atom. The summed E-state index contributed by atoms with van der Waals surface area (Å²) in [6.45, 7) is 2.06. The topological polar surface area (TPSA) is 105 Å². The van der Waals surface area contributed by atoms with E-state index in [0.717, 1.165) is 19.3 Å². The molecule has 0 spiro atoms. The second-order valence-corrected chi connectivity index (χ2v) is 4.83. The lowest BCUT2D eigenvalue weighted by atomic mass is 9.93. The van der Waals surface area contributed by atoms with Crippen LogP contribution in [0.4, 0.5) is 5.82 Å². The van der Waals surface area contributed by atoms with Gasteiger partial charge in [0.2, 0.25) is 0 Å². The maximum atomic E-state index is 12.1. The number of hydrogen-bond acceptors (Lipinski definition) is 4. The van der Waals surface area contributed by atoms with Crippen molar-refractivity contribution in [3.8, 4) is 0 Å². The molecule has 0 atom stereocenters. The van der Waals surface area contributed by atoms with Crippen molar-refractivity contribution in [3.63, 3.8) is 0 Å². The highest BCUT2D eigenvalue weighted by Crippen LogP contribution is 2.21. The van der Waals surface area contributed by atoms with E-state index >= 15 is 0 Å². The smallest absolute Gasteiger partial charge is 0.321 e. The van der Waals surface area contributed by atoms with Gasteiger partial charge in [-0.3, -0.25) is 4.79 Å². The second-order valence-electron chi connectivity index (χ2n) is 4.83. The van der Waals surface area contributed by atoms with Gasteiger partial charge in [-0.1, -0.05) is 0 Å². The molecular formula is C12H18N4O3. The normalized spacial score (nSPS) is 16.6. The van der Waals surface area contributed by atoms with Gasteiger partial charge in [0.15, 0.2) is 5.69 Å². The Kier molecular flexibility index (Phi) is 4.16. The first kappa shape index (κ1) is 13.5. The molecule has 0 unspecified atom stereocenters. The van der Waals surface area contributed by atoms with Gasteiger partial charge in [-0.15, -0.1) is 0 Å². The molecule has 0 radical (unpaired) electrons. The first-order valence-corrected chi connectivity index (χ1v) is 6.44. The molecule has 0 aliphatic carbocycles. The lowest BCUT2D eigenvalue weighted by Gasteiger charge is -2.31. The molecule has 7 heteroatoms. The third-order valence-electron chi connectivity index (χ3n) is 3.57. The molecule has 1 fully saturated rings. The van der Waals surface area contributed by atoms with E-state index in [0.29, 0.717) is 25.6 Å². The average molecular weight is 266 g/mol. The summed E-state index contributed by atoms with van der Waals surface area (Å²) in [4.78, 5) is 26.5. The fourth-order valence-electron chi connectivity index (χ4n) is 2.45. The zero-order chi connectivity index (χ0) is 13.8. The van der Waals surface area contributed by atoms with E-state index in [1.165, 1.54) is 12.1 Å². The van der Waals surface area contributed by atoms with Crippen molar-refractivity contribution >= 4 is 11.7 Å². The first-order valence-electron chi connectivity index (χ1n) is 6.44. The number of hydrogen-bond donors (Lipinski definition) is 2. The van der Waals surface area contributed by atoms with E-state index < -0.39 is 4.92 Å². The number of piperidine rings is 1. The van der Waals surface area contributed by atoms with Gasteiger partial charge in [0, 0.05) is 19.2 Å². The van der Waals surface area contributed by atoms with Crippen molar-refractivity contribution in [2.24, 2.45) is 11.7 Å². The number of likely N-dealkylation sites (tertiary alicyclic amines) is 1. The van der Waals surface area contributed by atoms with Gasteiger partial charge in [0.1, 0.15) is 0 Å². The Balaban J connectivity index is 1.95. The number of aromatic nitrogens is 1. The minimum atomic E-state index is -0.537. The highest BCUT2D eigenvalue weighted by atomic mass is 16.6. The average Bonchev–Trinajstić information content (AvgIpc) is 2.89. The number of carbonyl (C=O) groups excluding carboxylic acids is 1. The molecule has 0 bridgehead atoms. The van der Waals surface area contributed by atoms with Crippen molar-refractivity contribution in [1.29, 1.82) is 0 Å². The van der Waals surface area contributed by atoms with Crippen LogP contribution in [-0.4, -0.2) is 40.3 Å². The molecule has 1 aliphatic heterocycles. The largest absolute Gasteiger partial charge is 0.358 e. The van der Waals surface area contributed by atoms with E-state index in [1.54, 1.807) is 4.90 Å². The number of rotatable bonds is 4. The number of aromatic amines is 1. The molecule has 2 rings (SSSR count). The number of carbonyl (C=O) groups is 1. The van der Waals surface area contributed by atoms with Crippen LogP contribution in [0.2, 0.25) is 0 Å². The van der Waals surface area contributed by atoms with Crippen molar-refractivity contribution in [1.82, 2.24) is 9.88 Å². The minimum Gasteiger partial charge on any atom is -0.358 e. The predicted molar refractivity (Wildman–Crippen MR) is 69.7 cm³/mol. The Hall–Kier alpha value is -1.89. The van der Waals surface area contributed by atoms with Gasteiger partial charge in [-0.25, -0.2) is 4.98 Å². The van der Waals surface area contributed by atoms with Gasteiger partial charge in [0.05, 0.1) is 0 Å². The van der Waals surface area contributed by atoms with Gasteiger partial charge in [-0.2, -0.15) is 0 Å². The summed E-state index contributed by atoms with van der Waals surface area (Å²) in [5.74, 6) is 0.271. The number of nitro groups is 1. The molecule has 3 N–H and O–H groups in total. The standard InChI is InChI=1S/C12H18N4O3/c13-6-3-9-4-7-15(8-5-9)12(17)10-1-2-11(14-10)16(18)19/h1-2,9,14H,3-8,13H2. The molecule has 1 aliphatic rings. The molecule has 1 amide bonds. The zero-order valence-corrected chi connectivity index (χ0v) is 10.7. The minimum absolute atomic E-state index is 0.152. The highest BCUT2D eigenvalue weighted by molar-refractivity contribution is 5.92. The molecule has 2 heterocycles. The summed E-state index contributed by atoms with van der Waals surface area (Å²) in [6, 6.07) is 2.78. The third-order valence-corrected chi connectivity index (χ3v) is 3.57. The number of nitrogens with two attached hydrogens (primary N) is 1. The summed E-state index contributed by atoms with van der Waals surface area (Å²) in [6.07, 6.45) is 2.90. The molecule has 1 saturated heterocycles. The zero-order valence-electron chi connectivity index (χ0n) is 10.7. The molecule has 1 aromatic rings. The van der Waals surface area contributed by atoms with Crippen LogP contribution in [0.25, 0.3) is 0 Å². The number of nitrogens with one attached hydrogen (secondary N) is 1. The van der Waals surface area contributed by atoms with Gasteiger partial charge < -0.3 is 20.7 Å². The molecule has 1 aromatic heterocycles. The Morgan fingerprint density at radius 2 is 2.16 bits per heavy atom. The SMILES string of the molecule is NCCC1CCN(C(=O)c2ccc([N+](=O)[O-])[nH]2)CC1. The molecule has 104 valence electrons. The van der Waals surface area contributed by atoms with Crippen molar-refractivity contribution < 1.29 is 9.72 Å². The monoisotopic (exact) mass is 266 g/mol. The van der Waals surface area contributed by atoms with Crippen LogP contribution in [0.5, 0.6) is 0 Å². The quantitative estimate of drug-likeness (QED) is 0.629. The van der Waals surface area contributed by atoms with Crippen LogP contribution in [0.3, 0.4) is 0 Å². The third kappa shape index (κ3) is 3.11. The summed E-state index contributed by atoms with van der Waals surface area (Å²) in [7, 11) is 0. The van der Waals surface area contributed by atoms with E-state index in [4.69, 9.17) is 5.73 Å². The van der Waals surface area contributed by atoms with E-state index in [9.17, 15) is 14.9 Å². The van der Waals surface area contributed by atoms with Crippen LogP contribution in [0, 0.1) is 16.0 Å². The predicted octanol–water partition coefficient (Wildman–Crippen LogP) is 1.12. The maximum absolute atomic E-state index is 12.1.